The third-order valence-electron chi connectivity index (χ3n) is 5.73. The van der Waals surface area contributed by atoms with Crippen LogP contribution in [-0.2, 0) is 4.43 Å². The summed E-state index contributed by atoms with van der Waals surface area (Å²) in [5.74, 6) is 1.62. The van der Waals surface area contributed by atoms with Crippen LogP contribution in [0.25, 0.3) is 6.08 Å². The zero-order chi connectivity index (χ0) is 21.7. The molecule has 3 aromatic rings. The van der Waals surface area contributed by atoms with E-state index in [2.05, 4.69) is 93.6 Å². The fourth-order valence-electron chi connectivity index (χ4n) is 4.28. The molecule has 1 heterocycles. The lowest BCUT2D eigenvalue weighted by molar-refractivity contribution is 0.174. The highest BCUT2D eigenvalue weighted by Crippen LogP contribution is 2.37. The summed E-state index contributed by atoms with van der Waals surface area (Å²) in [4.78, 5) is 0. The Kier molecular flexibility index (Phi) is 6.30. The summed E-state index contributed by atoms with van der Waals surface area (Å²) in [7, 11) is -2.46. The van der Waals surface area contributed by atoms with Crippen molar-refractivity contribution in [2.45, 2.75) is 32.2 Å². The van der Waals surface area contributed by atoms with Crippen LogP contribution in [0.3, 0.4) is 0 Å². The van der Waals surface area contributed by atoms with Crippen molar-refractivity contribution in [3.63, 3.8) is 0 Å². The van der Waals surface area contributed by atoms with Crippen molar-refractivity contribution < 1.29 is 13.9 Å². The predicted molar refractivity (Wildman–Crippen MR) is 130 cm³/mol. The zero-order valence-electron chi connectivity index (χ0n) is 18.5. The first-order valence-corrected chi connectivity index (χ1v) is 12.7. The van der Waals surface area contributed by atoms with E-state index < -0.39 is 8.32 Å². The number of ether oxygens (including phenoxy) is 2. The number of benzene rings is 3. The summed E-state index contributed by atoms with van der Waals surface area (Å²) in [6.07, 6.45) is 5.14. The topological polar surface area (TPSA) is 27.7 Å². The molecule has 160 valence electrons. The van der Waals surface area contributed by atoms with Gasteiger partial charge in [-0.1, -0.05) is 99.7 Å². The molecule has 0 bridgehead atoms. The van der Waals surface area contributed by atoms with E-state index in [4.69, 9.17) is 13.9 Å². The summed E-state index contributed by atoms with van der Waals surface area (Å²) in [6.45, 7) is 7.90. The largest absolute Gasteiger partial charge is 0.454 e. The molecular formula is C27H30O3Si. The second-order valence-electron chi connectivity index (χ2n) is 8.82. The molecule has 0 atom stereocenters. The molecule has 3 nitrogen and oxygen atoms in total. The Bertz CT molecular complexity index is 984. The number of hydrogen-bond donors (Lipinski definition) is 0. The molecule has 4 heteroatoms. The van der Waals surface area contributed by atoms with Gasteiger partial charge in [0.2, 0.25) is 6.79 Å². The fraction of sp³-hybridized carbons (Fsp3) is 0.259. The summed E-state index contributed by atoms with van der Waals surface area (Å²) in [5.41, 5.74) is 1.11. The quantitative estimate of drug-likeness (QED) is 0.371. The number of fused-ring (bicyclic) bond motifs is 1. The van der Waals surface area contributed by atoms with Gasteiger partial charge in [-0.25, -0.2) is 0 Å². The van der Waals surface area contributed by atoms with Gasteiger partial charge in [-0.2, -0.15) is 0 Å². The van der Waals surface area contributed by atoms with Crippen LogP contribution < -0.4 is 19.8 Å². The van der Waals surface area contributed by atoms with Gasteiger partial charge in [0.25, 0.3) is 8.32 Å². The minimum absolute atomic E-state index is 0.00323. The predicted octanol–water partition coefficient (Wildman–Crippen LogP) is 5.40. The Morgan fingerprint density at radius 1 is 0.839 bits per heavy atom. The van der Waals surface area contributed by atoms with Gasteiger partial charge in [-0.3, -0.25) is 0 Å². The van der Waals surface area contributed by atoms with Crippen molar-refractivity contribution in [2.75, 3.05) is 13.4 Å². The van der Waals surface area contributed by atoms with Crippen molar-refractivity contribution >= 4 is 24.8 Å². The van der Waals surface area contributed by atoms with Gasteiger partial charge >= 0.3 is 0 Å². The Morgan fingerprint density at radius 2 is 1.45 bits per heavy atom. The van der Waals surface area contributed by atoms with Crippen molar-refractivity contribution in [1.82, 2.24) is 0 Å². The second-order valence-corrected chi connectivity index (χ2v) is 13.1. The second kappa shape index (κ2) is 9.12. The Morgan fingerprint density at radius 3 is 2.06 bits per heavy atom. The molecule has 0 saturated heterocycles. The maximum absolute atomic E-state index is 6.92. The highest BCUT2D eigenvalue weighted by molar-refractivity contribution is 6.99. The number of rotatable bonds is 7. The third kappa shape index (κ3) is 4.46. The molecule has 0 unspecified atom stereocenters. The first kappa shape index (κ1) is 21.4. The van der Waals surface area contributed by atoms with Crippen molar-refractivity contribution in [2.24, 2.45) is 0 Å². The average molecular weight is 431 g/mol. The average Bonchev–Trinajstić information content (AvgIpc) is 3.24. The summed E-state index contributed by atoms with van der Waals surface area (Å²) in [5, 5.41) is 2.62. The van der Waals surface area contributed by atoms with E-state index in [1.54, 1.807) is 0 Å². The normalized spacial score (nSPS) is 13.6. The highest BCUT2D eigenvalue weighted by Gasteiger charge is 2.49. The van der Waals surface area contributed by atoms with Gasteiger partial charge in [0.15, 0.2) is 11.5 Å². The molecule has 4 rings (SSSR count). The van der Waals surface area contributed by atoms with Crippen LogP contribution in [0.5, 0.6) is 11.5 Å². The van der Waals surface area contributed by atoms with Gasteiger partial charge in [-0.05, 0) is 39.5 Å². The Hall–Kier alpha value is -2.82. The molecule has 0 aromatic heterocycles. The van der Waals surface area contributed by atoms with Gasteiger partial charge in [0, 0.05) is 6.61 Å². The van der Waals surface area contributed by atoms with Crippen LogP contribution in [0.1, 0.15) is 32.8 Å². The summed E-state index contributed by atoms with van der Waals surface area (Å²) < 4.78 is 17.8. The molecule has 31 heavy (non-hydrogen) atoms. The van der Waals surface area contributed by atoms with Gasteiger partial charge in [0.1, 0.15) is 0 Å². The van der Waals surface area contributed by atoms with Crippen LogP contribution in [0.15, 0.2) is 84.9 Å². The van der Waals surface area contributed by atoms with E-state index in [9.17, 15) is 0 Å². The summed E-state index contributed by atoms with van der Waals surface area (Å²) >= 11 is 0. The van der Waals surface area contributed by atoms with E-state index in [1.807, 2.05) is 18.2 Å². The van der Waals surface area contributed by atoms with Crippen LogP contribution in [0, 0.1) is 0 Å². The van der Waals surface area contributed by atoms with Gasteiger partial charge < -0.3 is 13.9 Å². The molecule has 0 N–H and O–H groups in total. The first-order chi connectivity index (χ1) is 15.0. The zero-order valence-corrected chi connectivity index (χ0v) is 19.5. The van der Waals surface area contributed by atoms with Gasteiger partial charge in [-0.15, -0.1) is 0 Å². The number of hydrogen-bond acceptors (Lipinski definition) is 3. The maximum Gasteiger partial charge on any atom is 0.261 e. The monoisotopic (exact) mass is 430 g/mol. The first-order valence-electron chi connectivity index (χ1n) is 10.8. The lowest BCUT2D eigenvalue weighted by atomic mass is 10.2. The van der Waals surface area contributed by atoms with E-state index in [1.165, 1.54) is 10.4 Å². The molecule has 1 aliphatic rings. The maximum atomic E-state index is 6.92. The van der Waals surface area contributed by atoms with Crippen LogP contribution >= 0.6 is 0 Å². The molecule has 0 aliphatic carbocycles. The van der Waals surface area contributed by atoms with Crippen LogP contribution in [0.2, 0.25) is 5.04 Å². The molecular weight excluding hydrogens is 400 g/mol. The molecule has 0 spiro atoms. The molecule has 3 aromatic carbocycles. The molecule has 0 amide bonds. The van der Waals surface area contributed by atoms with E-state index in [0.29, 0.717) is 13.4 Å². The SMILES string of the molecule is CC(C)(C)[Si](OCC/C=C\c1ccc2c(c1)OCO2)(c1ccccc1)c1ccccc1. The molecule has 0 fully saturated rings. The standard InChI is InChI=1S/C27H30O3Si/c1-27(2,3)31(23-13-6-4-7-14-23,24-15-8-5-9-16-24)30-19-11-10-12-22-17-18-25-26(20-22)29-21-28-25/h4-10,12-18,20H,11,19,21H2,1-3H3/b12-10-. The van der Waals surface area contributed by atoms with E-state index >= 15 is 0 Å². The van der Waals surface area contributed by atoms with Crippen molar-refractivity contribution in [3.8, 4) is 11.5 Å². The van der Waals surface area contributed by atoms with Crippen molar-refractivity contribution in [1.29, 1.82) is 0 Å². The van der Waals surface area contributed by atoms with E-state index in [0.717, 1.165) is 23.5 Å². The van der Waals surface area contributed by atoms with Gasteiger partial charge in [0.05, 0.1) is 0 Å². The minimum atomic E-state index is -2.46. The Labute approximate surface area is 186 Å². The molecule has 0 saturated carbocycles. The third-order valence-corrected chi connectivity index (χ3v) is 10.8. The van der Waals surface area contributed by atoms with Crippen LogP contribution in [0.4, 0.5) is 0 Å². The summed E-state index contributed by atoms with van der Waals surface area (Å²) in [6, 6.07) is 27.6. The highest BCUT2D eigenvalue weighted by atomic mass is 28.4. The minimum Gasteiger partial charge on any atom is -0.454 e. The Balaban J connectivity index is 1.54. The van der Waals surface area contributed by atoms with Crippen molar-refractivity contribution in [3.05, 3.63) is 90.5 Å². The smallest absolute Gasteiger partial charge is 0.261 e. The molecule has 1 aliphatic heterocycles. The van der Waals surface area contributed by atoms with Crippen LogP contribution in [-0.4, -0.2) is 21.7 Å². The lowest BCUT2D eigenvalue weighted by Gasteiger charge is -2.43. The fourth-order valence-corrected chi connectivity index (χ4v) is 8.86. The van der Waals surface area contributed by atoms with E-state index in [-0.39, 0.29) is 5.04 Å². The molecule has 0 radical (unpaired) electrons. The lowest BCUT2D eigenvalue weighted by Crippen LogP contribution is -2.66.